The zero-order chi connectivity index (χ0) is 12.3. The summed E-state index contributed by atoms with van der Waals surface area (Å²) in [7, 11) is 0. The number of Topliss-reactive ketones (excluding diaryl/α,β-unsaturated/α-hetero) is 1. The Morgan fingerprint density at radius 2 is 2.00 bits per heavy atom. The minimum absolute atomic E-state index is 0.105. The SMILES string of the molecule is CC(C)=CC1C(=O)N=C(CCC(C)C)C1=O. The van der Waals surface area contributed by atoms with Gasteiger partial charge in [-0.25, -0.2) is 4.99 Å². The van der Waals surface area contributed by atoms with E-state index < -0.39 is 5.92 Å². The van der Waals surface area contributed by atoms with Crippen LogP contribution in [0.3, 0.4) is 0 Å². The molecule has 3 heteroatoms. The smallest absolute Gasteiger partial charge is 0.260 e. The van der Waals surface area contributed by atoms with Gasteiger partial charge in [0.15, 0.2) is 5.78 Å². The maximum Gasteiger partial charge on any atom is 0.260 e. The van der Waals surface area contributed by atoms with Gasteiger partial charge in [0, 0.05) is 0 Å². The van der Waals surface area contributed by atoms with Crippen molar-refractivity contribution >= 4 is 17.4 Å². The molecular weight excluding hydrogens is 202 g/mol. The van der Waals surface area contributed by atoms with E-state index in [9.17, 15) is 9.59 Å². The first-order chi connectivity index (χ1) is 7.41. The molecule has 1 atom stereocenters. The van der Waals surface area contributed by atoms with E-state index in [0.29, 0.717) is 18.1 Å². The second kappa shape index (κ2) is 5.19. The molecule has 0 radical (unpaired) electrons. The molecule has 0 spiro atoms. The van der Waals surface area contributed by atoms with E-state index in [0.717, 1.165) is 12.0 Å². The minimum Gasteiger partial charge on any atom is -0.292 e. The van der Waals surface area contributed by atoms with Crippen molar-refractivity contribution < 1.29 is 9.59 Å². The van der Waals surface area contributed by atoms with Crippen LogP contribution in [0.1, 0.15) is 40.5 Å². The molecule has 0 saturated carbocycles. The number of ketones is 1. The Bertz CT molecular complexity index is 360. The van der Waals surface area contributed by atoms with Crippen LogP contribution in [-0.4, -0.2) is 17.4 Å². The number of carbonyl (C=O) groups is 2. The molecule has 0 aliphatic carbocycles. The highest BCUT2D eigenvalue weighted by atomic mass is 16.2. The molecule has 0 aromatic rings. The summed E-state index contributed by atoms with van der Waals surface area (Å²) in [6, 6.07) is 0. The molecule has 1 amide bonds. The predicted octanol–water partition coefficient (Wildman–Crippen LogP) is 2.56. The highest BCUT2D eigenvalue weighted by Crippen LogP contribution is 2.18. The number of hydrogen-bond acceptors (Lipinski definition) is 2. The van der Waals surface area contributed by atoms with Crippen LogP contribution in [0.25, 0.3) is 0 Å². The summed E-state index contributed by atoms with van der Waals surface area (Å²) in [5, 5.41) is 0. The van der Waals surface area contributed by atoms with Crippen LogP contribution in [0.15, 0.2) is 16.6 Å². The second-order valence-electron chi connectivity index (χ2n) is 4.92. The van der Waals surface area contributed by atoms with E-state index in [-0.39, 0.29) is 11.7 Å². The Labute approximate surface area is 96.6 Å². The number of allylic oxidation sites excluding steroid dienone is 1. The fraction of sp³-hybridized carbons (Fsp3) is 0.615. The molecule has 0 aromatic carbocycles. The molecule has 1 unspecified atom stereocenters. The number of aliphatic imine (C=N–C) groups is 1. The number of rotatable bonds is 4. The number of hydrogen-bond donors (Lipinski definition) is 0. The van der Waals surface area contributed by atoms with Crippen LogP contribution < -0.4 is 0 Å². The molecule has 88 valence electrons. The van der Waals surface area contributed by atoms with Gasteiger partial charge in [-0.05, 0) is 32.6 Å². The third-order valence-electron chi connectivity index (χ3n) is 2.54. The third kappa shape index (κ3) is 3.12. The van der Waals surface area contributed by atoms with Crippen molar-refractivity contribution in [3.63, 3.8) is 0 Å². The molecule has 1 rings (SSSR count). The molecule has 0 aromatic heterocycles. The van der Waals surface area contributed by atoms with Gasteiger partial charge in [0.2, 0.25) is 0 Å². The van der Waals surface area contributed by atoms with Gasteiger partial charge in [0.05, 0.1) is 5.71 Å². The Morgan fingerprint density at radius 3 is 2.50 bits per heavy atom. The van der Waals surface area contributed by atoms with E-state index in [2.05, 4.69) is 18.8 Å². The second-order valence-corrected chi connectivity index (χ2v) is 4.92. The molecule has 1 aliphatic heterocycles. The Balaban J connectivity index is 2.71. The topological polar surface area (TPSA) is 46.5 Å². The summed E-state index contributed by atoms with van der Waals surface area (Å²) in [6.07, 6.45) is 3.23. The molecular formula is C13H19NO2. The highest BCUT2D eigenvalue weighted by molar-refractivity contribution is 6.49. The number of nitrogens with zero attached hydrogens (tertiary/aromatic N) is 1. The van der Waals surface area contributed by atoms with Crippen molar-refractivity contribution in [2.24, 2.45) is 16.8 Å². The largest absolute Gasteiger partial charge is 0.292 e. The lowest BCUT2D eigenvalue weighted by Gasteiger charge is -2.04. The van der Waals surface area contributed by atoms with Crippen molar-refractivity contribution in [1.82, 2.24) is 0 Å². The number of carbonyl (C=O) groups excluding carboxylic acids is 2. The van der Waals surface area contributed by atoms with Crippen LogP contribution in [0.2, 0.25) is 0 Å². The van der Waals surface area contributed by atoms with Crippen molar-refractivity contribution in [3.8, 4) is 0 Å². The highest BCUT2D eigenvalue weighted by Gasteiger charge is 2.34. The van der Waals surface area contributed by atoms with E-state index in [4.69, 9.17) is 0 Å². The van der Waals surface area contributed by atoms with Gasteiger partial charge in [-0.15, -0.1) is 0 Å². The molecule has 0 bridgehead atoms. The Hall–Kier alpha value is -1.25. The fourth-order valence-corrected chi connectivity index (χ4v) is 1.63. The first kappa shape index (κ1) is 12.8. The molecule has 1 heterocycles. The molecule has 1 aliphatic rings. The van der Waals surface area contributed by atoms with Crippen molar-refractivity contribution in [2.45, 2.75) is 40.5 Å². The van der Waals surface area contributed by atoms with Gasteiger partial charge < -0.3 is 0 Å². The molecule has 0 N–H and O–H groups in total. The molecule has 3 nitrogen and oxygen atoms in total. The van der Waals surface area contributed by atoms with Gasteiger partial charge in [-0.1, -0.05) is 25.5 Å². The van der Waals surface area contributed by atoms with Crippen molar-refractivity contribution in [3.05, 3.63) is 11.6 Å². The summed E-state index contributed by atoms with van der Waals surface area (Å²) in [4.78, 5) is 27.2. The quantitative estimate of drug-likeness (QED) is 0.541. The molecule has 0 fully saturated rings. The summed E-state index contributed by atoms with van der Waals surface area (Å²) < 4.78 is 0. The maximum atomic E-state index is 11.9. The van der Waals surface area contributed by atoms with E-state index in [1.54, 1.807) is 6.08 Å². The molecule has 16 heavy (non-hydrogen) atoms. The van der Waals surface area contributed by atoms with Gasteiger partial charge >= 0.3 is 0 Å². The zero-order valence-electron chi connectivity index (χ0n) is 10.4. The van der Waals surface area contributed by atoms with Crippen molar-refractivity contribution in [1.29, 1.82) is 0 Å². The van der Waals surface area contributed by atoms with Gasteiger partial charge in [0.1, 0.15) is 5.92 Å². The van der Waals surface area contributed by atoms with E-state index >= 15 is 0 Å². The third-order valence-corrected chi connectivity index (χ3v) is 2.54. The van der Waals surface area contributed by atoms with Crippen LogP contribution in [0.5, 0.6) is 0 Å². The van der Waals surface area contributed by atoms with Crippen LogP contribution >= 0.6 is 0 Å². The van der Waals surface area contributed by atoms with Crippen LogP contribution in [0.4, 0.5) is 0 Å². The average molecular weight is 221 g/mol. The summed E-state index contributed by atoms with van der Waals surface area (Å²) in [5.41, 5.74) is 1.44. The van der Waals surface area contributed by atoms with Crippen LogP contribution in [-0.2, 0) is 9.59 Å². The van der Waals surface area contributed by atoms with Gasteiger partial charge in [0.25, 0.3) is 5.91 Å². The monoisotopic (exact) mass is 221 g/mol. The maximum absolute atomic E-state index is 11.9. The summed E-state index contributed by atoms with van der Waals surface area (Å²) in [6.45, 7) is 7.95. The summed E-state index contributed by atoms with van der Waals surface area (Å²) >= 11 is 0. The first-order valence-corrected chi connectivity index (χ1v) is 5.72. The zero-order valence-corrected chi connectivity index (χ0v) is 10.4. The minimum atomic E-state index is -0.646. The van der Waals surface area contributed by atoms with Crippen molar-refractivity contribution in [2.75, 3.05) is 0 Å². The molecule has 0 saturated heterocycles. The lowest BCUT2D eigenvalue weighted by molar-refractivity contribution is -0.124. The normalized spacial score (nSPS) is 20.3. The predicted molar refractivity (Wildman–Crippen MR) is 64.4 cm³/mol. The lowest BCUT2D eigenvalue weighted by atomic mass is 9.97. The first-order valence-electron chi connectivity index (χ1n) is 5.72. The van der Waals surface area contributed by atoms with E-state index in [1.165, 1.54) is 0 Å². The van der Waals surface area contributed by atoms with E-state index in [1.807, 2.05) is 13.8 Å². The Morgan fingerprint density at radius 1 is 1.38 bits per heavy atom. The van der Waals surface area contributed by atoms with Gasteiger partial charge in [-0.3, -0.25) is 9.59 Å². The standard InChI is InChI=1S/C13H19NO2/c1-8(2)5-6-11-12(15)10(7-9(3)4)13(16)14-11/h7-8,10H,5-6H2,1-4H3. The van der Waals surface area contributed by atoms with Crippen LogP contribution in [0, 0.1) is 11.8 Å². The lowest BCUT2D eigenvalue weighted by Crippen LogP contribution is -2.19. The summed E-state index contributed by atoms with van der Waals surface area (Å²) in [5.74, 6) is -0.530. The fourth-order valence-electron chi connectivity index (χ4n) is 1.63. The number of amides is 1. The average Bonchev–Trinajstić information content (AvgIpc) is 2.42. The Kier molecular flexibility index (Phi) is 4.16. The van der Waals surface area contributed by atoms with Gasteiger partial charge in [-0.2, -0.15) is 0 Å².